The molecule has 0 radical (unpaired) electrons. The maximum absolute atomic E-state index is 13.6. The molecule has 3 aromatic carbocycles. The van der Waals surface area contributed by atoms with Crippen LogP contribution in [0.2, 0.25) is 5.02 Å². The first-order valence-electron chi connectivity index (χ1n) is 13.6. The van der Waals surface area contributed by atoms with Crippen LogP contribution in [-0.4, -0.2) is 48.4 Å². The number of carbonyl (C=O) groups is 2. The van der Waals surface area contributed by atoms with E-state index >= 15 is 0 Å². The predicted octanol–water partition coefficient (Wildman–Crippen LogP) is 6.17. The molecular weight excluding hydrogens is 482 g/mol. The van der Waals surface area contributed by atoms with Gasteiger partial charge in [-0.25, -0.2) is 0 Å². The van der Waals surface area contributed by atoms with Crippen LogP contribution >= 0.6 is 11.6 Å². The smallest absolute Gasteiger partial charge is 0.251 e. The molecule has 2 N–H and O–H groups in total. The van der Waals surface area contributed by atoms with Crippen LogP contribution in [0.5, 0.6) is 0 Å². The Morgan fingerprint density at radius 1 is 1.08 bits per heavy atom. The highest BCUT2D eigenvalue weighted by Crippen LogP contribution is 2.23. The summed E-state index contributed by atoms with van der Waals surface area (Å²) in [6, 6.07) is 21.6. The molecule has 1 saturated heterocycles. The molecule has 37 heavy (non-hydrogen) atoms. The van der Waals surface area contributed by atoms with Gasteiger partial charge in [0.05, 0.1) is 6.04 Å². The van der Waals surface area contributed by atoms with E-state index in [9.17, 15) is 9.59 Å². The maximum atomic E-state index is 13.6. The Balaban J connectivity index is 1.42. The SMILES string of the molecule is CCCC[C@@H]1N[C@H](CNC(=O)c2ccc3cc(Cl)ccc3c2)CCN(CC(CC)c2ccccc2)C1=O. The van der Waals surface area contributed by atoms with Gasteiger partial charge in [-0.05, 0) is 59.9 Å². The van der Waals surface area contributed by atoms with E-state index in [0.29, 0.717) is 29.6 Å². The Labute approximate surface area is 225 Å². The summed E-state index contributed by atoms with van der Waals surface area (Å²) in [5, 5.41) is 9.35. The van der Waals surface area contributed by atoms with Crippen molar-refractivity contribution in [1.29, 1.82) is 0 Å². The number of unbranched alkanes of at least 4 members (excludes halogenated alkanes) is 1. The van der Waals surface area contributed by atoms with Gasteiger partial charge in [0.15, 0.2) is 0 Å². The monoisotopic (exact) mass is 519 g/mol. The Morgan fingerprint density at radius 3 is 2.59 bits per heavy atom. The fourth-order valence-corrected chi connectivity index (χ4v) is 5.36. The third kappa shape index (κ3) is 7.12. The van der Waals surface area contributed by atoms with Gasteiger partial charge in [-0.3, -0.25) is 9.59 Å². The lowest BCUT2D eigenvalue weighted by atomic mass is 9.95. The highest BCUT2D eigenvalue weighted by molar-refractivity contribution is 6.31. The van der Waals surface area contributed by atoms with E-state index in [0.717, 1.165) is 49.4 Å². The van der Waals surface area contributed by atoms with E-state index in [1.165, 1.54) is 5.56 Å². The average molecular weight is 520 g/mol. The van der Waals surface area contributed by atoms with Crippen molar-refractivity contribution >= 4 is 34.2 Å². The second-order valence-electron chi connectivity index (χ2n) is 10.1. The molecule has 1 unspecified atom stereocenters. The second kappa shape index (κ2) is 13.1. The first-order chi connectivity index (χ1) is 18.0. The molecule has 1 aliphatic heterocycles. The van der Waals surface area contributed by atoms with Crippen LogP contribution in [0.4, 0.5) is 0 Å². The average Bonchev–Trinajstić information content (AvgIpc) is 3.07. The van der Waals surface area contributed by atoms with Gasteiger partial charge < -0.3 is 15.5 Å². The normalized spacial score (nSPS) is 19.0. The van der Waals surface area contributed by atoms with Gasteiger partial charge in [-0.15, -0.1) is 0 Å². The van der Waals surface area contributed by atoms with Crippen LogP contribution in [0.1, 0.15) is 67.8 Å². The molecule has 1 heterocycles. The Kier molecular flexibility index (Phi) is 9.59. The number of rotatable bonds is 10. The van der Waals surface area contributed by atoms with Crippen molar-refractivity contribution in [2.24, 2.45) is 0 Å². The highest BCUT2D eigenvalue weighted by atomic mass is 35.5. The summed E-state index contributed by atoms with van der Waals surface area (Å²) in [4.78, 5) is 28.6. The molecule has 4 rings (SSSR count). The fraction of sp³-hybridized carbons (Fsp3) is 0.419. The van der Waals surface area contributed by atoms with Gasteiger partial charge in [-0.2, -0.15) is 0 Å². The first kappa shape index (κ1) is 27.2. The summed E-state index contributed by atoms with van der Waals surface area (Å²) in [7, 11) is 0. The highest BCUT2D eigenvalue weighted by Gasteiger charge is 2.31. The van der Waals surface area contributed by atoms with Gasteiger partial charge in [0.25, 0.3) is 5.91 Å². The Morgan fingerprint density at radius 2 is 1.84 bits per heavy atom. The molecule has 1 fully saturated rings. The minimum absolute atomic E-state index is 0.0378. The summed E-state index contributed by atoms with van der Waals surface area (Å²) in [6.07, 6.45) is 4.63. The fourth-order valence-electron chi connectivity index (χ4n) is 5.18. The van der Waals surface area contributed by atoms with Gasteiger partial charge in [0.2, 0.25) is 5.91 Å². The summed E-state index contributed by atoms with van der Waals surface area (Å²) in [6.45, 7) is 6.24. The molecular formula is C31H38ClN3O2. The van der Waals surface area contributed by atoms with E-state index in [2.05, 4.69) is 48.7 Å². The Hall–Kier alpha value is -2.89. The van der Waals surface area contributed by atoms with Crippen LogP contribution < -0.4 is 10.6 Å². The molecule has 1 aliphatic rings. The lowest BCUT2D eigenvalue weighted by Gasteiger charge is -2.28. The van der Waals surface area contributed by atoms with E-state index in [4.69, 9.17) is 11.6 Å². The van der Waals surface area contributed by atoms with Crippen molar-refractivity contribution in [2.75, 3.05) is 19.6 Å². The number of hydrogen-bond donors (Lipinski definition) is 2. The number of carbonyl (C=O) groups excluding carboxylic acids is 2. The molecule has 0 spiro atoms. The van der Waals surface area contributed by atoms with E-state index in [1.807, 2.05) is 47.4 Å². The molecule has 5 nitrogen and oxygen atoms in total. The van der Waals surface area contributed by atoms with Crippen molar-refractivity contribution in [3.63, 3.8) is 0 Å². The molecule has 0 saturated carbocycles. The predicted molar refractivity (Wildman–Crippen MR) is 152 cm³/mol. The number of halogens is 1. The largest absolute Gasteiger partial charge is 0.350 e. The third-order valence-electron chi connectivity index (χ3n) is 7.42. The maximum Gasteiger partial charge on any atom is 0.251 e. The number of amides is 2. The number of nitrogens with one attached hydrogen (secondary N) is 2. The van der Waals surface area contributed by atoms with E-state index in [-0.39, 0.29) is 23.9 Å². The number of hydrogen-bond acceptors (Lipinski definition) is 3. The molecule has 3 aromatic rings. The number of nitrogens with zero attached hydrogens (tertiary/aromatic N) is 1. The molecule has 0 aliphatic carbocycles. The minimum atomic E-state index is -0.219. The Bertz CT molecular complexity index is 1200. The zero-order valence-electron chi connectivity index (χ0n) is 21.9. The van der Waals surface area contributed by atoms with Crippen molar-refractivity contribution in [3.8, 4) is 0 Å². The van der Waals surface area contributed by atoms with E-state index in [1.54, 1.807) is 0 Å². The molecule has 2 amide bonds. The quantitative estimate of drug-likeness (QED) is 0.337. The standard InChI is InChI=1S/C31H38ClN3O2/c1-3-5-11-29-31(37)35(21-22(4-2)23-9-7-6-8-10-23)17-16-28(34-29)20-33-30(36)26-13-12-25-19-27(32)15-14-24(25)18-26/h6-10,12-15,18-19,22,28-29,34H,3-5,11,16-17,20-21H2,1-2H3,(H,33,36)/t22?,28-,29-/m0/s1. The lowest BCUT2D eigenvalue weighted by molar-refractivity contribution is -0.133. The summed E-state index contributed by atoms with van der Waals surface area (Å²) in [5.74, 6) is 0.396. The summed E-state index contributed by atoms with van der Waals surface area (Å²) < 4.78 is 0. The second-order valence-corrected chi connectivity index (χ2v) is 10.5. The number of benzene rings is 3. The van der Waals surface area contributed by atoms with Crippen LogP contribution in [0, 0.1) is 0 Å². The van der Waals surface area contributed by atoms with Crippen LogP contribution in [0.3, 0.4) is 0 Å². The third-order valence-corrected chi connectivity index (χ3v) is 7.65. The summed E-state index contributed by atoms with van der Waals surface area (Å²) in [5.41, 5.74) is 1.90. The van der Waals surface area contributed by atoms with Crippen molar-refractivity contribution in [1.82, 2.24) is 15.5 Å². The van der Waals surface area contributed by atoms with Gasteiger partial charge in [-0.1, -0.05) is 80.8 Å². The topological polar surface area (TPSA) is 61.4 Å². The van der Waals surface area contributed by atoms with Gasteiger partial charge >= 0.3 is 0 Å². The number of fused-ring (bicyclic) bond motifs is 1. The van der Waals surface area contributed by atoms with Gasteiger partial charge in [0.1, 0.15) is 0 Å². The summed E-state index contributed by atoms with van der Waals surface area (Å²) >= 11 is 6.09. The molecule has 196 valence electrons. The molecule has 6 heteroatoms. The minimum Gasteiger partial charge on any atom is -0.350 e. The van der Waals surface area contributed by atoms with Gasteiger partial charge in [0, 0.05) is 42.2 Å². The van der Waals surface area contributed by atoms with Crippen LogP contribution in [0.25, 0.3) is 10.8 Å². The molecule has 0 aromatic heterocycles. The zero-order chi connectivity index (χ0) is 26.2. The van der Waals surface area contributed by atoms with Crippen LogP contribution in [-0.2, 0) is 4.79 Å². The van der Waals surface area contributed by atoms with Crippen molar-refractivity contribution in [2.45, 2.75) is 64.0 Å². The zero-order valence-corrected chi connectivity index (χ0v) is 22.6. The van der Waals surface area contributed by atoms with Crippen molar-refractivity contribution in [3.05, 3.63) is 82.9 Å². The molecule has 3 atom stereocenters. The van der Waals surface area contributed by atoms with E-state index < -0.39 is 0 Å². The first-order valence-corrected chi connectivity index (χ1v) is 13.9. The lowest BCUT2D eigenvalue weighted by Crippen LogP contribution is -2.49. The van der Waals surface area contributed by atoms with Crippen molar-refractivity contribution < 1.29 is 9.59 Å². The molecule has 0 bridgehead atoms. The van der Waals surface area contributed by atoms with Crippen LogP contribution in [0.15, 0.2) is 66.7 Å².